The van der Waals surface area contributed by atoms with E-state index in [0.717, 1.165) is 37.3 Å². The lowest BCUT2D eigenvalue weighted by atomic mass is 10.2. The van der Waals surface area contributed by atoms with Gasteiger partial charge in [-0.25, -0.2) is 0 Å². The molecule has 5 heteroatoms. The minimum atomic E-state index is 0.207. The molecule has 2 aromatic rings. The maximum absolute atomic E-state index is 5.81. The van der Waals surface area contributed by atoms with Crippen LogP contribution in [-0.2, 0) is 4.74 Å². The quantitative estimate of drug-likeness (QED) is 0.839. The number of likely N-dealkylation sites (N-methyl/N-ethyl adjacent to an activating group) is 1. The standard InChI is InChI=1S/C14H19N3O2/c1-16(2)9-11-10-17(7-8-18-11)14-15-12-5-3-4-6-13(12)19-14/h3-6,11H,7-10H2,1-2H3. The summed E-state index contributed by atoms with van der Waals surface area (Å²) in [7, 11) is 4.11. The average molecular weight is 261 g/mol. The van der Waals surface area contributed by atoms with Gasteiger partial charge in [-0.15, -0.1) is 0 Å². The number of rotatable bonds is 3. The predicted octanol–water partition coefficient (Wildman–Crippen LogP) is 1.59. The fourth-order valence-corrected chi connectivity index (χ4v) is 2.41. The van der Waals surface area contributed by atoms with E-state index < -0.39 is 0 Å². The SMILES string of the molecule is CN(C)CC1CN(c2nc3ccccc3o2)CCO1. The molecule has 1 aliphatic heterocycles. The lowest BCUT2D eigenvalue weighted by Gasteiger charge is -2.33. The van der Waals surface area contributed by atoms with Gasteiger partial charge >= 0.3 is 0 Å². The summed E-state index contributed by atoms with van der Waals surface area (Å²) in [5, 5.41) is 0. The maximum Gasteiger partial charge on any atom is 0.298 e. The van der Waals surface area contributed by atoms with Crippen molar-refractivity contribution in [1.82, 2.24) is 9.88 Å². The Balaban J connectivity index is 1.77. The van der Waals surface area contributed by atoms with Crippen molar-refractivity contribution in [3.05, 3.63) is 24.3 Å². The Labute approximate surface area is 112 Å². The molecule has 1 aromatic heterocycles. The van der Waals surface area contributed by atoms with Crippen LogP contribution in [0.25, 0.3) is 11.1 Å². The van der Waals surface area contributed by atoms with Gasteiger partial charge in [-0.05, 0) is 26.2 Å². The van der Waals surface area contributed by atoms with Crippen molar-refractivity contribution in [2.75, 3.05) is 45.2 Å². The van der Waals surface area contributed by atoms with E-state index in [9.17, 15) is 0 Å². The van der Waals surface area contributed by atoms with Crippen molar-refractivity contribution in [2.24, 2.45) is 0 Å². The van der Waals surface area contributed by atoms with Crippen molar-refractivity contribution in [3.63, 3.8) is 0 Å². The van der Waals surface area contributed by atoms with Crippen LogP contribution in [0.5, 0.6) is 0 Å². The van der Waals surface area contributed by atoms with Crippen molar-refractivity contribution in [3.8, 4) is 0 Å². The highest BCUT2D eigenvalue weighted by Gasteiger charge is 2.24. The van der Waals surface area contributed by atoms with E-state index in [4.69, 9.17) is 9.15 Å². The molecule has 1 unspecified atom stereocenters. The molecule has 19 heavy (non-hydrogen) atoms. The zero-order valence-electron chi connectivity index (χ0n) is 11.4. The third-order valence-corrected chi connectivity index (χ3v) is 3.26. The van der Waals surface area contributed by atoms with Crippen molar-refractivity contribution in [1.29, 1.82) is 0 Å². The average Bonchev–Trinajstić information content (AvgIpc) is 2.82. The molecule has 0 bridgehead atoms. The first-order chi connectivity index (χ1) is 9.22. The molecule has 1 aromatic carbocycles. The van der Waals surface area contributed by atoms with Gasteiger partial charge in [0.1, 0.15) is 5.52 Å². The van der Waals surface area contributed by atoms with Crippen LogP contribution in [0.3, 0.4) is 0 Å². The third-order valence-electron chi connectivity index (χ3n) is 3.26. The van der Waals surface area contributed by atoms with Crippen molar-refractivity contribution >= 4 is 17.1 Å². The van der Waals surface area contributed by atoms with E-state index in [1.165, 1.54) is 0 Å². The summed E-state index contributed by atoms with van der Waals surface area (Å²) in [6.07, 6.45) is 0.207. The number of hydrogen-bond acceptors (Lipinski definition) is 5. The second-order valence-corrected chi connectivity index (χ2v) is 5.17. The van der Waals surface area contributed by atoms with E-state index in [1.54, 1.807) is 0 Å². The zero-order valence-corrected chi connectivity index (χ0v) is 11.4. The molecule has 0 N–H and O–H groups in total. The Morgan fingerprint density at radius 3 is 3.00 bits per heavy atom. The highest BCUT2D eigenvalue weighted by Crippen LogP contribution is 2.23. The highest BCUT2D eigenvalue weighted by atomic mass is 16.5. The fraction of sp³-hybridized carbons (Fsp3) is 0.500. The Morgan fingerprint density at radius 1 is 1.37 bits per heavy atom. The molecule has 3 rings (SSSR count). The molecule has 0 saturated carbocycles. The number of oxazole rings is 1. The predicted molar refractivity (Wildman–Crippen MR) is 74.5 cm³/mol. The summed E-state index contributed by atoms with van der Waals surface area (Å²) >= 11 is 0. The third kappa shape index (κ3) is 2.72. The topological polar surface area (TPSA) is 41.7 Å². The largest absolute Gasteiger partial charge is 0.423 e. The maximum atomic E-state index is 5.81. The molecule has 0 radical (unpaired) electrons. The van der Waals surface area contributed by atoms with Gasteiger partial charge in [-0.1, -0.05) is 12.1 Å². The first-order valence-electron chi connectivity index (χ1n) is 6.59. The van der Waals surface area contributed by atoms with Crippen LogP contribution in [-0.4, -0.2) is 56.3 Å². The normalized spacial score (nSPS) is 20.4. The first-order valence-corrected chi connectivity index (χ1v) is 6.59. The van der Waals surface area contributed by atoms with Crippen LogP contribution in [0.4, 0.5) is 6.01 Å². The molecule has 1 atom stereocenters. The smallest absolute Gasteiger partial charge is 0.298 e. The number of hydrogen-bond donors (Lipinski definition) is 0. The van der Waals surface area contributed by atoms with E-state index in [-0.39, 0.29) is 6.10 Å². The number of ether oxygens (including phenoxy) is 1. The molecule has 5 nitrogen and oxygen atoms in total. The first kappa shape index (κ1) is 12.4. The molecule has 1 fully saturated rings. The van der Waals surface area contributed by atoms with Gasteiger partial charge in [0.25, 0.3) is 6.01 Å². The summed E-state index contributed by atoms with van der Waals surface area (Å²) in [5.41, 5.74) is 1.75. The monoisotopic (exact) mass is 261 g/mol. The van der Waals surface area contributed by atoms with Crippen molar-refractivity contribution < 1.29 is 9.15 Å². The Bertz CT molecular complexity index is 519. The summed E-state index contributed by atoms with van der Waals surface area (Å²) in [6.45, 7) is 3.29. The molecule has 102 valence electrons. The Kier molecular flexibility index (Phi) is 3.40. The molecule has 0 aliphatic carbocycles. The van der Waals surface area contributed by atoms with Crippen LogP contribution in [0.2, 0.25) is 0 Å². The summed E-state index contributed by atoms with van der Waals surface area (Å²) < 4.78 is 11.6. The number of benzene rings is 1. The number of nitrogens with zero attached hydrogens (tertiary/aromatic N) is 3. The molecule has 0 spiro atoms. The molecule has 1 aliphatic rings. The number of fused-ring (bicyclic) bond motifs is 1. The van der Waals surface area contributed by atoms with Crippen LogP contribution >= 0.6 is 0 Å². The summed E-state index contributed by atoms with van der Waals surface area (Å²) in [4.78, 5) is 8.84. The number of para-hydroxylation sites is 2. The Morgan fingerprint density at radius 2 is 2.21 bits per heavy atom. The van der Waals surface area contributed by atoms with E-state index in [0.29, 0.717) is 6.01 Å². The second kappa shape index (κ2) is 5.19. The molecular weight excluding hydrogens is 242 g/mol. The number of anilines is 1. The van der Waals surface area contributed by atoms with Crippen molar-refractivity contribution in [2.45, 2.75) is 6.10 Å². The molecule has 2 heterocycles. The molecule has 1 saturated heterocycles. The summed E-state index contributed by atoms with van der Waals surface area (Å²) in [5.74, 6) is 0. The van der Waals surface area contributed by atoms with Gasteiger partial charge in [0.2, 0.25) is 0 Å². The van der Waals surface area contributed by atoms with Crippen LogP contribution in [0.1, 0.15) is 0 Å². The van der Waals surface area contributed by atoms with Crippen LogP contribution < -0.4 is 4.90 Å². The molecular formula is C14H19N3O2. The van der Waals surface area contributed by atoms with E-state index >= 15 is 0 Å². The van der Waals surface area contributed by atoms with Crippen LogP contribution in [0.15, 0.2) is 28.7 Å². The van der Waals surface area contributed by atoms with E-state index in [1.807, 2.05) is 24.3 Å². The Hall–Kier alpha value is -1.59. The minimum absolute atomic E-state index is 0.207. The fourth-order valence-electron chi connectivity index (χ4n) is 2.41. The lowest BCUT2D eigenvalue weighted by Crippen LogP contribution is -2.46. The van der Waals surface area contributed by atoms with Gasteiger partial charge in [0.15, 0.2) is 5.58 Å². The zero-order chi connectivity index (χ0) is 13.2. The van der Waals surface area contributed by atoms with Gasteiger partial charge in [0, 0.05) is 19.6 Å². The number of aromatic nitrogens is 1. The lowest BCUT2D eigenvalue weighted by molar-refractivity contribution is 0.0233. The summed E-state index contributed by atoms with van der Waals surface area (Å²) in [6, 6.07) is 8.56. The highest BCUT2D eigenvalue weighted by molar-refractivity contribution is 5.74. The van der Waals surface area contributed by atoms with Gasteiger partial charge in [0.05, 0.1) is 12.7 Å². The number of morpholine rings is 1. The van der Waals surface area contributed by atoms with E-state index in [2.05, 4.69) is 28.9 Å². The van der Waals surface area contributed by atoms with Gasteiger partial charge in [-0.2, -0.15) is 4.98 Å². The second-order valence-electron chi connectivity index (χ2n) is 5.17. The van der Waals surface area contributed by atoms with Crippen LogP contribution in [0, 0.1) is 0 Å². The van der Waals surface area contributed by atoms with Gasteiger partial charge in [-0.3, -0.25) is 0 Å². The minimum Gasteiger partial charge on any atom is -0.423 e. The van der Waals surface area contributed by atoms with Gasteiger partial charge < -0.3 is 19.0 Å². The molecule has 0 amide bonds.